The van der Waals surface area contributed by atoms with Crippen molar-refractivity contribution in [1.29, 1.82) is 5.26 Å². The number of nitriles is 1. The molecule has 3 heteroatoms. The van der Waals surface area contributed by atoms with E-state index in [2.05, 4.69) is 11.4 Å². The summed E-state index contributed by atoms with van der Waals surface area (Å²) in [7, 11) is 0. The maximum Gasteiger partial charge on any atom is 0.146 e. The zero-order valence-corrected chi connectivity index (χ0v) is 10.6. The zero-order chi connectivity index (χ0) is 13.9. The molecule has 0 radical (unpaired) electrons. The maximum atomic E-state index is 13.7. The fraction of sp³-hybridized carbons (Fsp3) is 0. The second-order valence-electron chi connectivity index (χ2n) is 4.42. The van der Waals surface area contributed by atoms with Crippen LogP contribution in [0.1, 0.15) is 5.56 Å². The van der Waals surface area contributed by atoms with Crippen LogP contribution in [0.3, 0.4) is 0 Å². The number of benzene rings is 3. The summed E-state index contributed by atoms with van der Waals surface area (Å²) in [6.07, 6.45) is 0. The Morgan fingerprint density at radius 1 is 0.800 bits per heavy atom. The van der Waals surface area contributed by atoms with Gasteiger partial charge >= 0.3 is 0 Å². The van der Waals surface area contributed by atoms with E-state index in [-0.39, 0.29) is 5.82 Å². The molecule has 3 aromatic rings. The summed E-state index contributed by atoms with van der Waals surface area (Å²) in [5.74, 6) is -0.305. The molecule has 1 N–H and O–H groups in total. The number of nitrogens with zero attached hydrogens (tertiary/aromatic N) is 1. The highest BCUT2D eigenvalue weighted by Crippen LogP contribution is 2.29. The van der Waals surface area contributed by atoms with Gasteiger partial charge in [-0.25, -0.2) is 4.39 Å². The van der Waals surface area contributed by atoms with E-state index in [4.69, 9.17) is 5.26 Å². The molecule has 0 heterocycles. The van der Waals surface area contributed by atoms with Crippen LogP contribution in [0.25, 0.3) is 10.8 Å². The Morgan fingerprint density at radius 3 is 2.25 bits per heavy atom. The molecule has 20 heavy (non-hydrogen) atoms. The first-order valence-electron chi connectivity index (χ1n) is 6.23. The summed E-state index contributed by atoms with van der Waals surface area (Å²) >= 11 is 0. The van der Waals surface area contributed by atoms with Crippen molar-refractivity contribution in [2.45, 2.75) is 0 Å². The Balaban J connectivity index is 2.14. The molecule has 3 aromatic carbocycles. The average Bonchev–Trinajstić information content (AvgIpc) is 2.50. The average molecular weight is 262 g/mol. The molecule has 96 valence electrons. The molecular formula is C17H11FN2. The predicted molar refractivity (Wildman–Crippen MR) is 78.3 cm³/mol. The summed E-state index contributed by atoms with van der Waals surface area (Å²) in [6.45, 7) is 0. The van der Waals surface area contributed by atoms with Crippen molar-refractivity contribution in [3.63, 3.8) is 0 Å². The normalized spacial score (nSPS) is 10.2. The van der Waals surface area contributed by atoms with Gasteiger partial charge in [-0.1, -0.05) is 36.4 Å². The predicted octanol–water partition coefficient (Wildman–Crippen LogP) is 4.59. The molecule has 0 aliphatic heterocycles. The van der Waals surface area contributed by atoms with Gasteiger partial charge in [-0.15, -0.1) is 0 Å². The Hall–Kier alpha value is -2.86. The number of anilines is 2. The smallest absolute Gasteiger partial charge is 0.146 e. The molecule has 0 unspecified atom stereocenters. The van der Waals surface area contributed by atoms with Crippen molar-refractivity contribution in [2.75, 3.05) is 5.32 Å². The Labute approximate surface area is 116 Å². The van der Waals surface area contributed by atoms with Crippen LogP contribution in [0, 0.1) is 17.1 Å². The van der Waals surface area contributed by atoms with Gasteiger partial charge in [-0.05, 0) is 24.3 Å². The van der Waals surface area contributed by atoms with Gasteiger partial charge in [-0.2, -0.15) is 5.26 Å². The Bertz CT molecular complexity index is 819. The molecule has 2 nitrogen and oxygen atoms in total. The third-order valence-electron chi connectivity index (χ3n) is 3.19. The fourth-order valence-corrected chi connectivity index (χ4v) is 2.21. The Kier molecular flexibility index (Phi) is 3.06. The molecule has 0 amide bonds. The molecule has 0 spiro atoms. The fourth-order valence-electron chi connectivity index (χ4n) is 2.21. The number of nitrogens with one attached hydrogen (secondary N) is 1. The molecule has 0 fully saturated rings. The summed E-state index contributed by atoms with van der Waals surface area (Å²) in [4.78, 5) is 0. The molecule has 0 bridgehead atoms. The van der Waals surface area contributed by atoms with E-state index in [9.17, 15) is 4.39 Å². The molecule has 0 saturated carbocycles. The second kappa shape index (κ2) is 5.02. The lowest BCUT2D eigenvalue weighted by Gasteiger charge is -2.11. The van der Waals surface area contributed by atoms with E-state index in [1.165, 1.54) is 6.07 Å². The van der Waals surface area contributed by atoms with Gasteiger partial charge < -0.3 is 5.32 Å². The van der Waals surface area contributed by atoms with E-state index in [1.807, 2.05) is 24.3 Å². The van der Waals surface area contributed by atoms with Gasteiger partial charge in [0.25, 0.3) is 0 Å². The van der Waals surface area contributed by atoms with E-state index in [0.29, 0.717) is 11.3 Å². The number of para-hydroxylation sites is 1. The number of rotatable bonds is 2. The van der Waals surface area contributed by atoms with Crippen molar-refractivity contribution in [1.82, 2.24) is 0 Å². The van der Waals surface area contributed by atoms with Crippen LogP contribution in [0.4, 0.5) is 15.8 Å². The third kappa shape index (κ3) is 2.08. The van der Waals surface area contributed by atoms with Gasteiger partial charge in [0, 0.05) is 16.5 Å². The lowest BCUT2D eigenvalue weighted by Crippen LogP contribution is -1.95. The van der Waals surface area contributed by atoms with Crippen molar-refractivity contribution < 1.29 is 4.39 Å². The monoisotopic (exact) mass is 262 g/mol. The first-order valence-corrected chi connectivity index (χ1v) is 6.23. The lowest BCUT2D eigenvalue weighted by molar-refractivity contribution is 0.632. The highest BCUT2D eigenvalue weighted by atomic mass is 19.1. The second-order valence-corrected chi connectivity index (χ2v) is 4.42. The van der Waals surface area contributed by atoms with Gasteiger partial charge in [0.15, 0.2) is 0 Å². The number of hydrogen-bond donors (Lipinski definition) is 1. The first kappa shape index (κ1) is 12.2. The van der Waals surface area contributed by atoms with E-state index in [1.54, 1.807) is 30.3 Å². The number of halogens is 1. The first-order chi connectivity index (χ1) is 9.79. The summed E-state index contributed by atoms with van der Waals surface area (Å²) in [5, 5.41) is 14.0. The van der Waals surface area contributed by atoms with Crippen LogP contribution in [0.2, 0.25) is 0 Å². The maximum absolute atomic E-state index is 13.7. The van der Waals surface area contributed by atoms with Crippen LogP contribution < -0.4 is 5.32 Å². The SMILES string of the molecule is N#Cc1ccc(Nc2ccccc2F)c2ccccc12. The number of hydrogen-bond acceptors (Lipinski definition) is 2. The standard InChI is InChI=1S/C17H11FN2/c18-15-7-3-4-8-17(15)20-16-10-9-12(11-19)13-5-1-2-6-14(13)16/h1-10,20H. The van der Waals surface area contributed by atoms with Gasteiger partial charge in [0.05, 0.1) is 17.3 Å². The van der Waals surface area contributed by atoms with E-state index in [0.717, 1.165) is 16.5 Å². The molecule has 0 aliphatic rings. The number of fused-ring (bicyclic) bond motifs is 1. The summed E-state index contributed by atoms with van der Waals surface area (Å²) in [5.41, 5.74) is 1.81. The molecule has 0 saturated heterocycles. The van der Waals surface area contributed by atoms with Crippen LogP contribution in [0.5, 0.6) is 0 Å². The largest absolute Gasteiger partial charge is 0.353 e. The van der Waals surface area contributed by atoms with Crippen LogP contribution in [0.15, 0.2) is 60.7 Å². The molecule has 3 rings (SSSR count). The molecule has 0 atom stereocenters. The quantitative estimate of drug-likeness (QED) is 0.733. The highest BCUT2D eigenvalue weighted by molar-refractivity contribution is 5.98. The lowest BCUT2D eigenvalue weighted by atomic mass is 10.0. The van der Waals surface area contributed by atoms with Crippen molar-refractivity contribution in [3.8, 4) is 6.07 Å². The van der Waals surface area contributed by atoms with Crippen molar-refractivity contribution in [3.05, 3.63) is 72.0 Å². The molecule has 0 aromatic heterocycles. The topological polar surface area (TPSA) is 35.8 Å². The minimum Gasteiger partial charge on any atom is -0.353 e. The van der Waals surface area contributed by atoms with Crippen LogP contribution in [-0.2, 0) is 0 Å². The molecule has 0 aliphatic carbocycles. The van der Waals surface area contributed by atoms with E-state index >= 15 is 0 Å². The van der Waals surface area contributed by atoms with Crippen molar-refractivity contribution >= 4 is 22.1 Å². The van der Waals surface area contributed by atoms with E-state index < -0.39 is 0 Å². The van der Waals surface area contributed by atoms with Crippen molar-refractivity contribution in [2.24, 2.45) is 0 Å². The minimum absolute atomic E-state index is 0.305. The Morgan fingerprint density at radius 2 is 1.50 bits per heavy atom. The summed E-state index contributed by atoms with van der Waals surface area (Å²) < 4.78 is 13.7. The van der Waals surface area contributed by atoms with Gasteiger partial charge in [-0.3, -0.25) is 0 Å². The minimum atomic E-state index is -0.305. The van der Waals surface area contributed by atoms with Crippen LogP contribution in [-0.4, -0.2) is 0 Å². The van der Waals surface area contributed by atoms with Gasteiger partial charge in [0.1, 0.15) is 5.82 Å². The molecular weight excluding hydrogens is 251 g/mol. The highest BCUT2D eigenvalue weighted by Gasteiger charge is 2.07. The summed E-state index contributed by atoms with van der Waals surface area (Å²) in [6, 6.07) is 19.8. The zero-order valence-electron chi connectivity index (χ0n) is 10.6. The third-order valence-corrected chi connectivity index (χ3v) is 3.19. The van der Waals surface area contributed by atoms with Gasteiger partial charge in [0.2, 0.25) is 0 Å². The van der Waals surface area contributed by atoms with Crippen LogP contribution >= 0.6 is 0 Å².